The fourth-order valence-electron chi connectivity index (χ4n) is 3.05. The van der Waals surface area contributed by atoms with Crippen LogP contribution in [0.1, 0.15) is 63.2 Å². The molecule has 0 radical (unpaired) electrons. The maximum Gasteiger partial charge on any atom is 0.181 e. The summed E-state index contributed by atoms with van der Waals surface area (Å²) in [5, 5.41) is 14.9. The number of hydrogen-bond acceptors (Lipinski definition) is 2. The highest BCUT2D eigenvalue weighted by molar-refractivity contribution is 7.36. The lowest BCUT2D eigenvalue weighted by molar-refractivity contribution is 0.201. The summed E-state index contributed by atoms with van der Waals surface area (Å²) >= 11 is 0. The van der Waals surface area contributed by atoms with E-state index in [9.17, 15) is 5.11 Å². The molecule has 3 N–H and O–H groups in total. The molecule has 0 amide bonds. The van der Waals surface area contributed by atoms with Crippen molar-refractivity contribution in [2.24, 2.45) is 11.7 Å². The summed E-state index contributed by atoms with van der Waals surface area (Å²) in [6.45, 7) is 1.94. The largest absolute Gasteiger partial charge is 0.394 e. The van der Waals surface area contributed by atoms with Gasteiger partial charge in [0.2, 0.25) is 0 Å². The van der Waals surface area contributed by atoms with Crippen LogP contribution in [-0.4, -0.2) is 17.3 Å². The third kappa shape index (κ3) is 5.76. The molecule has 2 rings (SSSR count). The summed E-state index contributed by atoms with van der Waals surface area (Å²) in [5.74, 6) is 4.32. The Morgan fingerprint density at radius 3 is 2.86 bits per heavy atom. The summed E-state index contributed by atoms with van der Waals surface area (Å²) in [7, 11) is -0.0259. The number of nitrogens with two attached hydrogens (primary N) is 1. The average Bonchev–Trinajstić information content (AvgIpc) is 2.98. The van der Waals surface area contributed by atoms with Crippen molar-refractivity contribution in [2.45, 2.75) is 70.3 Å². The number of thiophene rings is 1. The zero-order valence-electron chi connectivity index (χ0n) is 13.8. The van der Waals surface area contributed by atoms with Gasteiger partial charge in [-0.05, 0) is 43.7 Å². The van der Waals surface area contributed by atoms with E-state index in [1.165, 1.54) is 43.4 Å². The van der Waals surface area contributed by atoms with E-state index in [4.69, 9.17) is 5.73 Å². The molecule has 2 unspecified atom stereocenters. The van der Waals surface area contributed by atoms with Gasteiger partial charge >= 0.3 is 0 Å². The molecule has 3 heteroatoms. The molecule has 0 bridgehead atoms. The van der Waals surface area contributed by atoms with Gasteiger partial charge < -0.3 is 10.8 Å². The molecule has 22 heavy (non-hydrogen) atoms. The predicted molar refractivity (Wildman–Crippen MR) is 95.9 cm³/mol. The van der Waals surface area contributed by atoms with Crippen LogP contribution in [-0.2, 0) is 6.42 Å². The van der Waals surface area contributed by atoms with E-state index >= 15 is 0 Å². The van der Waals surface area contributed by atoms with E-state index in [2.05, 4.69) is 28.7 Å². The van der Waals surface area contributed by atoms with E-state index in [-0.39, 0.29) is 17.1 Å². The number of rotatable bonds is 6. The number of aliphatic hydroxyl groups excluding tert-OH is 1. The van der Waals surface area contributed by atoms with Crippen LogP contribution in [0.5, 0.6) is 0 Å². The smallest absolute Gasteiger partial charge is 0.181 e. The zero-order valence-corrected chi connectivity index (χ0v) is 14.6. The summed E-state index contributed by atoms with van der Waals surface area (Å²) in [6.07, 6.45) is 11.1. The topological polar surface area (TPSA) is 46.2 Å². The van der Waals surface area contributed by atoms with Crippen LogP contribution >= 0.6 is 10.5 Å². The molecule has 0 aliphatic heterocycles. The Morgan fingerprint density at radius 1 is 1.36 bits per heavy atom. The van der Waals surface area contributed by atoms with Gasteiger partial charge in [0, 0.05) is 18.4 Å². The summed E-state index contributed by atoms with van der Waals surface area (Å²) < 4.78 is 0. The first-order chi connectivity index (χ1) is 10.6. The number of aliphatic hydroxyl groups is 1. The molecule has 1 heterocycles. The van der Waals surface area contributed by atoms with Crippen LogP contribution in [0.4, 0.5) is 0 Å². The molecule has 1 aliphatic carbocycles. The van der Waals surface area contributed by atoms with E-state index in [1.54, 1.807) is 0 Å². The summed E-state index contributed by atoms with van der Waals surface area (Å²) in [6, 6.07) is 4.29. The van der Waals surface area contributed by atoms with Crippen molar-refractivity contribution < 1.29 is 5.11 Å². The predicted octanol–water partition coefficient (Wildman–Crippen LogP) is 4.25. The highest BCUT2D eigenvalue weighted by atomic mass is 32.2. The monoisotopic (exact) mass is 320 g/mol. The Kier molecular flexibility index (Phi) is 6.95. The fraction of sp³-hybridized carbons (Fsp3) is 0.684. The van der Waals surface area contributed by atoms with Crippen molar-refractivity contribution in [1.29, 1.82) is 0 Å². The normalized spacial score (nSPS) is 19.3. The second-order valence-electron chi connectivity index (χ2n) is 6.93. The van der Waals surface area contributed by atoms with E-state index in [0.717, 1.165) is 25.2 Å². The highest BCUT2D eigenvalue weighted by Gasteiger charge is 2.20. The molecule has 1 aliphatic rings. The van der Waals surface area contributed by atoms with Crippen molar-refractivity contribution in [3.8, 4) is 11.2 Å². The van der Waals surface area contributed by atoms with Gasteiger partial charge in [-0.15, -0.1) is 0 Å². The molecule has 1 aromatic heterocycles. The molecule has 1 aromatic rings. The number of aryl methyl sites for hydroxylation is 1. The van der Waals surface area contributed by atoms with Crippen LogP contribution in [0.2, 0.25) is 0 Å². The molecule has 0 aromatic carbocycles. The minimum Gasteiger partial charge on any atom is -0.394 e. The van der Waals surface area contributed by atoms with Crippen LogP contribution in [0.25, 0.3) is 0 Å². The molecule has 122 valence electrons. The minimum atomic E-state index is -0.479. The second-order valence-corrected chi connectivity index (χ2v) is 8.61. The molecular weight excluding hydrogens is 290 g/mol. The zero-order chi connectivity index (χ0) is 15.8. The van der Waals surface area contributed by atoms with Crippen LogP contribution in [0, 0.1) is 17.1 Å². The van der Waals surface area contributed by atoms with Gasteiger partial charge in [0.05, 0.1) is 17.1 Å². The molecule has 1 saturated carbocycles. The Bertz CT molecular complexity index is 503. The lowest BCUT2D eigenvalue weighted by Gasteiger charge is -2.20. The van der Waals surface area contributed by atoms with Gasteiger partial charge in [0.25, 0.3) is 0 Å². The first-order valence-electron chi connectivity index (χ1n) is 8.59. The van der Waals surface area contributed by atoms with Gasteiger partial charge in [-0.25, -0.2) is 0 Å². The maximum absolute atomic E-state index is 9.25. The standard InChI is InChI=1S/C19H30NOS/c1-19(20,16-21)13-12-18-11-7-15-22(18)14-6-5-10-17-8-3-2-4-9-17/h7,11,15,17,21H,2-5,8-10,12-13,16,20H2,1H3/q+1. The molecule has 2 nitrogen and oxygen atoms in total. The Hall–Kier alpha value is -0.820. The third-order valence-corrected chi connectivity index (χ3v) is 6.37. The summed E-state index contributed by atoms with van der Waals surface area (Å²) in [5.41, 5.74) is 5.53. The average molecular weight is 321 g/mol. The van der Waals surface area contributed by atoms with Crippen molar-refractivity contribution >= 4 is 10.5 Å². The fourth-order valence-corrected chi connectivity index (χ4v) is 4.46. The van der Waals surface area contributed by atoms with E-state index < -0.39 is 5.54 Å². The SMILES string of the molecule is CC(N)(CO)CCc1ccc[s+]1C#CCCC1CCCCC1. The van der Waals surface area contributed by atoms with Crippen molar-refractivity contribution in [1.82, 2.24) is 0 Å². The summed E-state index contributed by atoms with van der Waals surface area (Å²) in [4.78, 5) is 1.37. The molecule has 0 spiro atoms. The lowest BCUT2D eigenvalue weighted by atomic mass is 9.86. The first-order valence-corrected chi connectivity index (χ1v) is 9.88. The van der Waals surface area contributed by atoms with Crippen molar-refractivity contribution in [2.75, 3.05) is 6.61 Å². The van der Waals surface area contributed by atoms with Crippen LogP contribution in [0.3, 0.4) is 0 Å². The Morgan fingerprint density at radius 2 is 2.14 bits per heavy atom. The highest BCUT2D eigenvalue weighted by Crippen LogP contribution is 2.28. The van der Waals surface area contributed by atoms with Crippen molar-refractivity contribution in [3.05, 3.63) is 22.4 Å². The Balaban J connectivity index is 1.81. The third-order valence-electron chi connectivity index (χ3n) is 4.67. The van der Waals surface area contributed by atoms with E-state index in [1.807, 2.05) is 6.92 Å². The van der Waals surface area contributed by atoms with Gasteiger partial charge in [-0.3, -0.25) is 0 Å². The van der Waals surface area contributed by atoms with Gasteiger partial charge in [0.15, 0.2) is 15.5 Å². The maximum atomic E-state index is 9.25. The minimum absolute atomic E-state index is 0.0259. The first kappa shape index (κ1) is 17.5. The second kappa shape index (κ2) is 8.72. The number of hydrogen-bond donors (Lipinski definition) is 2. The van der Waals surface area contributed by atoms with Gasteiger partial charge in [-0.2, -0.15) is 0 Å². The molecule has 1 fully saturated rings. The van der Waals surface area contributed by atoms with Crippen LogP contribution < -0.4 is 5.73 Å². The van der Waals surface area contributed by atoms with Crippen LogP contribution in [0.15, 0.2) is 17.5 Å². The molecule has 0 saturated heterocycles. The quantitative estimate of drug-likeness (QED) is 0.608. The van der Waals surface area contributed by atoms with Gasteiger partial charge in [0.1, 0.15) is 0 Å². The van der Waals surface area contributed by atoms with Gasteiger partial charge in [-0.1, -0.05) is 32.1 Å². The molecular formula is C19H30NOS+. The van der Waals surface area contributed by atoms with E-state index in [0.29, 0.717) is 0 Å². The Labute approximate surface area is 138 Å². The molecule has 2 atom stereocenters. The van der Waals surface area contributed by atoms with Crippen molar-refractivity contribution in [3.63, 3.8) is 0 Å². The lowest BCUT2D eigenvalue weighted by Crippen LogP contribution is -2.40.